The molecule has 0 aliphatic heterocycles. The molecule has 0 unspecified atom stereocenters. The molecule has 11 heteroatoms. The van der Waals surface area contributed by atoms with Gasteiger partial charge in [0.2, 0.25) is 0 Å². The molecule has 5 aromatic carbocycles. The fourth-order valence-electron chi connectivity index (χ4n) is 5.06. The van der Waals surface area contributed by atoms with Crippen LogP contribution < -0.4 is 23.7 Å². The van der Waals surface area contributed by atoms with Crippen molar-refractivity contribution in [3.63, 3.8) is 0 Å². The molecule has 0 fully saturated rings. The summed E-state index contributed by atoms with van der Waals surface area (Å²) in [6, 6.07) is 45.4. The van der Waals surface area contributed by atoms with Crippen LogP contribution in [0.4, 0.5) is 0 Å². The first-order chi connectivity index (χ1) is 33.0. The fraction of sp³-hybridized carbons (Fsp3) is 0.224. The SMILES string of the molecule is COc1ccc(C)cc1.COc1ccc(C)cc1.COc1ccc(C)cc1.COc1cccc(C)c1.COc1cccc(C)c1.Cc1cncc(Cl)c1.Cc1cncc(Cl)c1.Cc1cncc(Cl)c1. The van der Waals surface area contributed by atoms with Gasteiger partial charge in [0.15, 0.2) is 0 Å². The molecule has 0 bridgehead atoms. The summed E-state index contributed by atoms with van der Waals surface area (Å²) in [6.45, 7) is 16.1. The first kappa shape index (κ1) is 60.4. The van der Waals surface area contributed by atoms with Crippen LogP contribution >= 0.6 is 34.8 Å². The van der Waals surface area contributed by atoms with Crippen molar-refractivity contribution in [3.05, 3.63) is 236 Å². The lowest BCUT2D eigenvalue weighted by Gasteiger charge is -1.97. The maximum absolute atomic E-state index is 5.58. The fourth-order valence-corrected chi connectivity index (χ4v) is 5.75. The third-order valence-corrected chi connectivity index (χ3v) is 9.37. The minimum absolute atomic E-state index is 0.699. The van der Waals surface area contributed by atoms with Gasteiger partial charge >= 0.3 is 0 Å². The van der Waals surface area contributed by atoms with Gasteiger partial charge in [0.25, 0.3) is 0 Å². The smallest absolute Gasteiger partial charge is 0.119 e. The zero-order valence-corrected chi connectivity index (χ0v) is 44.5. The number of aromatic nitrogens is 3. The highest BCUT2D eigenvalue weighted by atomic mass is 35.5. The molecule has 8 rings (SSSR count). The van der Waals surface area contributed by atoms with Crippen LogP contribution in [0.1, 0.15) is 44.5 Å². The molecule has 0 amide bonds. The maximum Gasteiger partial charge on any atom is 0.119 e. The van der Waals surface area contributed by atoms with E-state index in [0.29, 0.717) is 15.1 Å². The van der Waals surface area contributed by atoms with Crippen LogP contribution in [0.15, 0.2) is 177 Å². The molecule has 0 N–H and O–H groups in total. The van der Waals surface area contributed by atoms with E-state index < -0.39 is 0 Å². The predicted octanol–water partition coefficient (Wildman–Crippen LogP) is 16.1. The van der Waals surface area contributed by atoms with Gasteiger partial charge in [-0.2, -0.15) is 0 Å². The van der Waals surface area contributed by atoms with Crippen LogP contribution in [-0.4, -0.2) is 50.5 Å². The van der Waals surface area contributed by atoms with Crippen molar-refractivity contribution >= 4 is 34.8 Å². The molecule has 8 nitrogen and oxygen atoms in total. The van der Waals surface area contributed by atoms with Crippen molar-refractivity contribution in [1.29, 1.82) is 0 Å². The molecule has 3 heterocycles. The zero-order valence-electron chi connectivity index (χ0n) is 42.3. The third kappa shape index (κ3) is 31.2. The summed E-state index contributed by atoms with van der Waals surface area (Å²) in [5, 5.41) is 2.10. The quantitative estimate of drug-likeness (QED) is 0.169. The van der Waals surface area contributed by atoms with Gasteiger partial charge < -0.3 is 23.7 Å². The van der Waals surface area contributed by atoms with E-state index in [2.05, 4.69) is 35.7 Å². The summed E-state index contributed by atoms with van der Waals surface area (Å²) >= 11 is 16.7. The number of hydrogen-bond acceptors (Lipinski definition) is 8. The van der Waals surface area contributed by atoms with Gasteiger partial charge in [0.1, 0.15) is 28.7 Å². The normalized spacial score (nSPS) is 9.16. The average Bonchev–Trinajstić information content (AvgIpc) is 3.33. The summed E-state index contributed by atoms with van der Waals surface area (Å²) in [6.07, 6.45) is 10.2. The van der Waals surface area contributed by atoms with E-state index in [1.165, 1.54) is 27.8 Å². The minimum atomic E-state index is 0.699. The van der Waals surface area contributed by atoms with Crippen molar-refractivity contribution in [3.8, 4) is 28.7 Å². The summed E-state index contributed by atoms with van der Waals surface area (Å²) in [5.74, 6) is 4.60. The highest BCUT2D eigenvalue weighted by Gasteiger charge is 1.91. The Labute approximate surface area is 427 Å². The summed E-state index contributed by atoms with van der Waals surface area (Å²) in [5.41, 5.74) is 9.53. The second kappa shape index (κ2) is 36.5. The number of benzene rings is 5. The van der Waals surface area contributed by atoms with E-state index in [-0.39, 0.29) is 0 Å². The van der Waals surface area contributed by atoms with Crippen molar-refractivity contribution in [2.24, 2.45) is 0 Å². The minimum Gasteiger partial charge on any atom is -0.497 e. The Morgan fingerprint density at radius 3 is 0.667 bits per heavy atom. The zero-order chi connectivity index (χ0) is 51.4. The van der Waals surface area contributed by atoms with Gasteiger partial charge in [-0.25, -0.2) is 0 Å². The maximum atomic E-state index is 5.58. The van der Waals surface area contributed by atoms with Gasteiger partial charge in [-0.05, 0) is 162 Å². The number of hydrogen-bond donors (Lipinski definition) is 0. The van der Waals surface area contributed by atoms with E-state index >= 15 is 0 Å². The number of rotatable bonds is 5. The predicted molar refractivity (Wildman–Crippen MR) is 291 cm³/mol. The number of aryl methyl sites for hydroxylation is 8. The Morgan fingerprint density at radius 2 is 0.507 bits per heavy atom. The van der Waals surface area contributed by atoms with Crippen LogP contribution in [0.3, 0.4) is 0 Å². The molecule has 69 heavy (non-hydrogen) atoms. The van der Waals surface area contributed by atoms with Crippen molar-refractivity contribution < 1.29 is 23.7 Å². The molecule has 0 aliphatic carbocycles. The van der Waals surface area contributed by atoms with E-state index in [9.17, 15) is 0 Å². The Bertz CT molecular complexity index is 2250. The Kier molecular flexibility index (Phi) is 31.9. The molecular formula is C58H68Cl3N3O5. The lowest BCUT2D eigenvalue weighted by atomic mass is 10.2. The molecule has 366 valence electrons. The Hall–Kier alpha value is -6.58. The van der Waals surface area contributed by atoms with E-state index in [1.807, 2.05) is 174 Å². The van der Waals surface area contributed by atoms with Crippen LogP contribution in [0, 0.1) is 55.4 Å². The number of halogens is 3. The standard InChI is InChI=1S/5C8H10O.3C6H6ClN/c3*1-7-3-5-8(9-2)6-4-7;2*1-7-4-3-5-8(6-7)9-2;3*1-5-2-6(7)4-8-3-5/h5*3-6H,1-2H3;3*2-4H,1H3. The molecule has 0 saturated carbocycles. The number of methoxy groups -OCH3 is 5. The molecular weight excluding hydrogens is 925 g/mol. The number of ether oxygens (including phenoxy) is 5. The highest BCUT2D eigenvalue weighted by Crippen LogP contribution is 2.14. The Balaban J connectivity index is 0.000000394. The Morgan fingerprint density at radius 1 is 0.261 bits per heavy atom. The van der Waals surface area contributed by atoms with Gasteiger partial charge in [0.05, 0.1) is 50.6 Å². The average molecular weight is 994 g/mol. The summed E-state index contributed by atoms with van der Waals surface area (Å²) in [4.78, 5) is 11.6. The van der Waals surface area contributed by atoms with Gasteiger partial charge in [-0.15, -0.1) is 0 Å². The first-order valence-electron chi connectivity index (χ1n) is 21.7. The van der Waals surface area contributed by atoms with Crippen LogP contribution in [0.2, 0.25) is 15.1 Å². The van der Waals surface area contributed by atoms with Crippen LogP contribution in [0.25, 0.3) is 0 Å². The molecule has 0 radical (unpaired) electrons. The number of pyridine rings is 3. The summed E-state index contributed by atoms with van der Waals surface area (Å²) in [7, 11) is 8.36. The lowest BCUT2D eigenvalue weighted by Crippen LogP contribution is -1.81. The largest absolute Gasteiger partial charge is 0.497 e. The topological polar surface area (TPSA) is 84.8 Å². The first-order valence-corrected chi connectivity index (χ1v) is 22.9. The van der Waals surface area contributed by atoms with E-state index in [4.69, 9.17) is 58.5 Å². The third-order valence-electron chi connectivity index (χ3n) is 8.75. The number of nitrogens with zero attached hydrogens (tertiary/aromatic N) is 3. The van der Waals surface area contributed by atoms with E-state index in [0.717, 1.165) is 45.4 Å². The summed E-state index contributed by atoms with van der Waals surface area (Å²) < 4.78 is 24.9. The van der Waals surface area contributed by atoms with Crippen molar-refractivity contribution in [2.45, 2.75) is 55.4 Å². The molecule has 0 spiro atoms. The monoisotopic (exact) mass is 991 g/mol. The van der Waals surface area contributed by atoms with E-state index in [1.54, 1.807) is 72.7 Å². The second-order valence-corrected chi connectivity index (χ2v) is 16.4. The lowest BCUT2D eigenvalue weighted by molar-refractivity contribution is 0.414. The van der Waals surface area contributed by atoms with Gasteiger partial charge in [-0.1, -0.05) is 112 Å². The van der Waals surface area contributed by atoms with Crippen molar-refractivity contribution in [2.75, 3.05) is 35.5 Å². The van der Waals surface area contributed by atoms with Crippen LogP contribution in [-0.2, 0) is 0 Å². The molecule has 3 aromatic heterocycles. The second-order valence-electron chi connectivity index (χ2n) is 15.1. The van der Waals surface area contributed by atoms with Crippen molar-refractivity contribution in [1.82, 2.24) is 15.0 Å². The molecule has 0 saturated heterocycles. The van der Waals surface area contributed by atoms with Crippen LogP contribution in [0.5, 0.6) is 28.7 Å². The molecule has 0 aliphatic rings. The molecule has 0 atom stereocenters. The molecule has 8 aromatic rings. The van der Waals surface area contributed by atoms with Gasteiger partial charge in [0, 0.05) is 37.2 Å². The highest BCUT2D eigenvalue weighted by molar-refractivity contribution is 6.31. The van der Waals surface area contributed by atoms with Gasteiger partial charge in [-0.3, -0.25) is 15.0 Å².